The lowest BCUT2D eigenvalue weighted by Gasteiger charge is -2.10. The quantitative estimate of drug-likeness (QED) is 0.626. The number of rotatable bonds is 6. The topological polar surface area (TPSA) is 85.2 Å². The molecule has 0 radical (unpaired) electrons. The number of nitrogens with one attached hydrogen (secondary N) is 2. The summed E-state index contributed by atoms with van der Waals surface area (Å²) in [5.41, 5.74) is 5.18. The van der Waals surface area contributed by atoms with Crippen LogP contribution in [0.2, 0.25) is 0 Å². The zero-order chi connectivity index (χ0) is 21.0. The molecule has 29 heavy (non-hydrogen) atoms. The zero-order valence-corrected chi connectivity index (χ0v) is 16.9. The minimum atomic E-state index is -0.561. The van der Waals surface area contributed by atoms with Crippen molar-refractivity contribution in [3.63, 3.8) is 0 Å². The second kappa shape index (κ2) is 8.60. The molecule has 0 aliphatic carbocycles. The molecular weight excluding hydrogens is 368 g/mol. The molecule has 2 N–H and O–H groups in total. The van der Waals surface area contributed by atoms with E-state index in [1.54, 1.807) is 29.9 Å². The van der Waals surface area contributed by atoms with Gasteiger partial charge in [-0.2, -0.15) is 5.10 Å². The van der Waals surface area contributed by atoms with Crippen LogP contribution in [0.3, 0.4) is 0 Å². The second-order valence-corrected chi connectivity index (χ2v) is 6.71. The number of amides is 1. The van der Waals surface area contributed by atoms with Gasteiger partial charge in [-0.25, -0.2) is 9.48 Å². The Kier molecular flexibility index (Phi) is 5.97. The summed E-state index contributed by atoms with van der Waals surface area (Å²) in [4.78, 5) is 24.6. The molecule has 0 atom stereocenters. The Balaban J connectivity index is 1.68. The van der Waals surface area contributed by atoms with Gasteiger partial charge in [0.2, 0.25) is 0 Å². The molecule has 0 unspecified atom stereocenters. The first-order valence-corrected chi connectivity index (χ1v) is 9.27. The molecule has 0 spiro atoms. The molecule has 0 saturated carbocycles. The van der Waals surface area contributed by atoms with Gasteiger partial charge in [0.25, 0.3) is 5.91 Å². The molecule has 3 rings (SSSR count). The van der Waals surface area contributed by atoms with Gasteiger partial charge in [-0.15, -0.1) is 0 Å². The molecule has 1 aromatic heterocycles. The molecule has 3 aromatic rings. The van der Waals surface area contributed by atoms with Crippen LogP contribution >= 0.6 is 0 Å². The lowest BCUT2D eigenvalue weighted by molar-refractivity contribution is -0.119. The molecule has 2 aromatic carbocycles. The van der Waals surface area contributed by atoms with Gasteiger partial charge in [-0.05, 0) is 45.0 Å². The highest BCUT2D eigenvalue weighted by Gasteiger charge is 2.17. The third-order valence-electron chi connectivity index (χ3n) is 4.58. The summed E-state index contributed by atoms with van der Waals surface area (Å²) in [5, 5.41) is 10.2. The Morgan fingerprint density at radius 3 is 2.41 bits per heavy atom. The van der Waals surface area contributed by atoms with Crippen LogP contribution in [-0.2, 0) is 9.53 Å². The number of carbonyl (C=O) groups is 2. The Hall–Kier alpha value is -3.61. The highest BCUT2D eigenvalue weighted by Crippen LogP contribution is 2.23. The van der Waals surface area contributed by atoms with Crippen LogP contribution in [0, 0.1) is 20.8 Å². The van der Waals surface area contributed by atoms with Crippen molar-refractivity contribution in [2.45, 2.75) is 20.8 Å². The predicted molar refractivity (Wildman–Crippen MR) is 113 cm³/mol. The van der Waals surface area contributed by atoms with Gasteiger partial charge < -0.3 is 15.4 Å². The summed E-state index contributed by atoms with van der Waals surface area (Å²) < 4.78 is 6.95. The first-order chi connectivity index (χ1) is 13.9. The molecule has 0 aliphatic rings. The largest absolute Gasteiger partial charge is 0.452 e. The minimum absolute atomic E-state index is 0.377. The summed E-state index contributed by atoms with van der Waals surface area (Å²) in [6.07, 6.45) is 0. The molecule has 0 saturated heterocycles. The molecular formula is C22H24N4O3. The summed E-state index contributed by atoms with van der Waals surface area (Å²) in [6.45, 7) is 5.34. The standard InChI is InChI=1S/C22H24N4O3/c1-14-9-11-17(12-10-14)26-16(3)21(15(2)25-26)24-20(27)13-29-22(28)18-7-5-6-8-19(18)23-4/h5-12,23H,13H2,1-4H3,(H,24,27). The van der Waals surface area contributed by atoms with Gasteiger partial charge in [0.1, 0.15) is 0 Å². The van der Waals surface area contributed by atoms with E-state index >= 15 is 0 Å². The molecule has 1 amide bonds. The van der Waals surface area contributed by atoms with Crippen molar-refractivity contribution in [2.24, 2.45) is 0 Å². The monoisotopic (exact) mass is 392 g/mol. The van der Waals surface area contributed by atoms with Crippen molar-refractivity contribution in [3.8, 4) is 5.69 Å². The van der Waals surface area contributed by atoms with Crippen LogP contribution in [-0.4, -0.2) is 35.3 Å². The molecule has 7 heteroatoms. The van der Waals surface area contributed by atoms with E-state index < -0.39 is 11.9 Å². The first kappa shape index (κ1) is 20.1. The van der Waals surface area contributed by atoms with Crippen molar-refractivity contribution in [3.05, 3.63) is 71.0 Å². The third kappa shape index (κ3) is 4.45. The third-order valence-corrected chi connectivity index (χ3v) is 4.58. The predicted octanol–water partition coefficient (Wildman–Crippen LogP) is 3.63. The molecule has 0 bridgehead atoms. The van der Waals surface area contributed by atoms with Crippen LogP contribution < -0.4 is 10.6 Å². The van der Waals surface area contributed by atoms with E-state index in [2.05, 4.69) is 15.7 Å². The van der Waals surface area contributed by atoms with Gasteiger partial charge in [0.15, 0.2) is 6.61 Å². The number of anilines is 2. The van der Waals surface area contributed by atoms with Crippen molar-refractivity contribution in [2.75, 3.05) is 24.3 Å². The molecule has 1 heterocycles. The Bertz CT molecular complexity index is 1040. The molecule has 150 valence electrons. The van der Waals surface area contributed by atoms with Crippen molar-refractivity contribution in [1.29, 1.82) is 0 Å². The maximum Gasteiger partial charge on any atom is 0.340 e. The second-order valence-electron chi connectivity index (χ2n) is 6.71. The van der Waals surface area contributed by atoms with E-state index in [1.165, 1.54) is 0 Å². The SMILES string of the molecule is CNc1ccccc1C(=O)OCC(=O)Nc1c(C)nn(-c2ccc(C)cc2)c1C. The van der Waals surface area contributed by atoms with Gasteiger partial charge in [-0.3, -0.25) is 4.79 Å². The van der Waals surface area contributed by atoms with Gasteiger partial charge in [0, 0.05) is 12.7 Å². The Morgan fingerprint density at radius 2 is 1.72 bits per heavy atom. The fraction of sp³-hybridized carbons (Fsp3) is 0.227. The number of hydrogen-bond acceptors (Lipinski definition) is 5. The first-order valence-electron chi connectivity index (χ1n) is 9.27. The summed E-state index contributed by atoms with van der Waals surface area (Å²) >= 11 is 0. The van der Waals surface area contributed by atoms with Crippen molar-refractivity contribution >= 4 is 23.3 Å². The van der Waals surface area contributed by atoms with Gasteiger partial charge >= 0.3 is 5.97 Å². The van der Waals surface area contributed by atoms with Crippen molar-refractivity contribution < 1.29 is 14.3 Å². The highest BCUT2D eigenvalue weighted by atomic mass is 16.5. The van der Waals surface area contributed by atoms with E-state index in [1.807, 2.05) is 51.1 Å². The summed E-state index contributed by atoms with van der Waals surface area (Å²) in [7, 11) is 1.72. The number of aryl methyl sites for hydroxylation is 2. The van der Waals surface area contributed by atoms with Crippen LogP contribution in [0.25, 0.3) is 5.69 Å². The number of aromatic nitrogens is 2. The van der Waals surface area contributed by atoms with E-state index in [0.29, 0.717) is 22.6 Å². The van der Waals surface area contributed by atoms with Crippen LogP contribution in [0.5, 0.6) is 0 Å². The number of nitrogens with zero attached hydrogens (tertiary/aromatic N) is 2. The maximum atomic E-state index is 12.4. The lowest BCUT2D eigenvalue weighted by atomic mass is 10.2. The number of carbonyl (C=O) groups excluding carboxylic acids is 2. The fourth-order valence-electron chi connectivity index (χ4n) is 3.02. The van der Waals surface area contributed by atoms with Crippen LogP contribution in [0.1, 0.15) is 27.3 Å². The van der Waals surface area contributed by atoms with Gasteiger partial charge in [-0.1, -0.05) is 29.8 Å². The smallest absolute Gasteiger partial charge is 0.340 e. The average molecular weight is 392 g/mol. The van der Waals surface area contributed by atoms with E-state index in [4.69, 9.17) is 4.74 Å². The highest BCUT2D eigenvalue weighted by molar-refractivity contribution is 5.98. The van der Waals surface area contributed by atoms with E-state index in [9.17, 15) is 9.59 Å². The van der Waals surface area contributed by atoms with Crippen LogP contribution in [0.4, 0.5) is 11.4 Å². The maximum absolute atomic E-state index is 12.4. The molecule has 7 nitrogen and oxygen atoms in total. The normalized spacial score (nSPS) is 10.5. The fourth-order valence-corrected chi connectivity index (χ4v) is 3.02. The molecule has 0 aliphatic heterocycles. The summed E-state index contributed by atoms with van der Waals surface area (Å²) in [6, 6.07) is 14.9. The Morgan fingerprint density at radius 1 is 1.03 bits per heavy atom. The van der Waals surface area contributed by atoms with Gasteiger partial charge in [0.05, 0.1) is 28.3 Å². The van der Waals surface area contributed by atoms with E-state index in [0.717, 1.165) is 16.9 Å². The minimum Gasteiger partial charge on any atom is -0.452 e. The number of benzene rings is 2. The molecule has 0 fully saturated rings. The summed E-state index contributed by atoms with van der Waals surface area (Å²) in [5.74, 6) is -0.983. The number of ether oxygens (including phenoxy) is 1. The lowest BCUT2D eigenvalue weighted by Crippen LogP contribution is -2.22. The van der Waals surface area contributed by atoms with E-state index in [-0.39, 0.29) is 6.61 Å². The zero-order valence-electron chi connectivity index (χ0n) is 16.9. The number of esters is 1. The van der Waals surface area contributed by atoms with Crippen LogP contribution in [0.15, 0.2) is 48.5 Å². The average Bonchev–Trinajstić information content (AvgIpc) is 3.00. The Labute approximate surface area is 169 Å². The van der Waals surface area contributed by atoms with Crippen molar-refractivity contribution in [1.82, 2.24) is 9.78 Å². The number of para-hydroxylation sites is 1. The number of hydrogen-bond donors (Lipinski definition) is 2.